The van der Waals surface area contributed by atoms with Gasteiger partial charge in [-0.05, 0) is 42.5 Å². The maximum atomic E-state index is 13.9. The average molecular weight is 334 g/mol. The van der Waals surface area contributed by atoms with Gasteiger partial charge >= 0.3 is 5.97 Å². The summed E-state index contributed by atoms with van der Waals surface area (Å²) < 4.78 is 18.6. The standard InChI is InChI=1S/C17H19FN2O4/c1-24-17(23)13-9-20(6-7-21)16(22)15(13)19-11-4-5-14(18)12(8-11)10-2-3-10/h4-5,8,10,19,21H,2-3,6-7,9H2,1H3. The molecule has 0 unspecified atom stereocenters. The van der Waals surface area contributed by atoms with E-state index in [0.717, 1.165) is 12.8 Å². The van der Waals surface area contributed by atoms with Crippen molar-refractivity contribution in [2.45, 2.75) is 18.8 Å². The van der Waals surface area contributed by atoms with Crippen LogP contribution in [0.1, 0.15) is 24.3 Å². The molecule has 1 aliphatic carbocycles. The molecule has 1 heterocycles. The van der Waals surface area contributed by atoms with Gasteiger partial charge < -0.3 is 20.1 Å². The molecule has 1 aromatic carbocycles. The first-order valence-electron chi connectivity index (χ1n) is 7.83. The summed E-state index contributed by atoms with van der Waals surface area (Å²) in [7, 11) is 1.25. The van der Waals surface area contributed by atoms with E-state index in [0.29, 0.717) is 11.3 Å². The molecular formula is C17H19FN2O4. The number of carbonyl (C=O) groups excluding carboxylic acids is 2. The van der Waals surface area contributed by atoms with Gasteiger partial charge in [-0.2, -0.15) is 0 Å². The lowest BCUT2D eigenvalue weighted by Crippen LogP contribution is -2.31. The van der Waals surface area contributed by atoms with Crippen LogP contribution in [0.15, 0.2) is 29.5 Å². The molecule has 1 aromatic rings. The normalized spacial score (nSPS) is 17.5. The van der Waals surface area contributed by atoms with Crippen LogP contribution in [-0.4, -0.2) is 48.7 Å². The topological polar surface area (TPSA) is 78.9 Å². The summed E-state index contributed by atoms with van der Waals surface area (Å²) in [5, 5.41) is 12.0. The van der Waals surface area contributed by atoms with Gasteiger partial charge in [0, 0.05) is 12.2 Å². The zero-order chi connectivity index (χ0) is 17.3. The molecule has 3 rings (SSSR count). The average Bonchev–Trinajstić information content (AvgIpc) is 3.37. The van der Waals surface area contributed by atoms with Crippen molar-refractivity contribution in [1.82, 2.24) is 4.90 Å². The Bertz CT molecular complexity index is 713. The van der Waals surface area contributed by atoms with E-state index in [2.05, 4.69) is 5.32 Å². The number of hydrogen-bond donors (Lipinski definition) is 2. The van der Waals surface area contributed by atoms with Crippen LogP contribution in [0.2, 0.25) is 0 Å². The molecular weight excluding hydrogens is 315 g/mol. The van der Waals surface area contributed by atoms with Crippen LogP contribution in [0.25, 0.3) is 0 Å². The van der Waals surface area contributed by atoms with Gasteiger partial charge in [-0.15, -0.1) is 0 Å². The summed E-state index contributed by atoms with van der Waals surface area (Å²) >= 11 is 0. The first-order chi connectivity index (χ1) is 11.5. The second-order valence-electron chi connectivity index (χ2n) is 5.93. The van der Waals surface area contributed by atoms with Crippen molar-refractivity contribution >= 4 is 17.6 Å². The highest BCUT2D eigenvalue weighted by atomic mass is 19.1. The number of methoxy groups -OCH3 is 1. The van der Waals surface area contributed by atoms with Crippen LogP contribution in [0.3, 0.4) is 0 Å². The number of amides is 1. The van der Waals surface area contributed by atoms with E-state index in [-0.39, 0.29) is 48.6 Å². The Hall–Kier alpha value is -2.41. The molecule has 0 aromatic heterocycles. The highest BCUT2D eigenvalue weighted by molar-refractivity contribution is 6.08. The summed E-state index contributed by atoms with van der Waals surface area (Å²) in [6.07, 6.45) is 1.92. The van der Waals surface area contributed by atoms with Gasteiger partial charge in [-0.25, -0.2) is 9.18 Å². The number of aliphatic hydroxyl groups is 1. The van der Waals surface area contributed by atoms with Gasteiger partial charge in [-0.3, -0.25) is 4.79 Å². The van der Waals surface area contributed by atoms with Crippen molar-refractivity contribution in [3.05, 3.63) is 40.8 Å². The fourth-order valence-electron chi connectivity index (χ4n) is 2.82. The lowest BCUT2D eigenvalue weighted by atomic mass is 10.1. The number of benzene rings is 1. The van der Waals surface area contributed by atoms with Crippen LogP contribution in [0.4, 0.5) is 10.1 Å². The lowest BCUT2D eigenvalue weighted by molar-refractivity contribution is -0.136. The van der Waals surface area contributed by atoms with E-state index in [4.69, 9.17) is 9.84 Å². The molecule has 24 heavy (non-hydrogen) atoms. The van der Waals surface area contributed by atoms with Gasteiger partial charge in [0.15, 0.2) is 0 Å². The zero-order valence-corrected chi connectivity index (χ0v) is 13.3. The Balaban J connectivity index is 1.89. The minimum Gasteiger partial charge on any atom is -0.466 e. The second-order valence-corrected chi connectivity index (χ2v) is 5.93. The SMILES string of the molecule is COC(=O)C1=C(Nc2ccc(F)c(C3CC3)c2)C(=O)N(CCO)C1. The number of nitrogens with zero attached hydrogens (tertiary/aromatic N) is 1. The molecule has 1 saturated carbocycles. The highest BCUT2D eigenvalue weighted by Gasteiger charge is 2.34. The second kappa shape index (κ2) is 6.60. The van der Waals surface area contributed by atoms with Gasteiger partial charge in [0.2, 0.25) is 0 Å². The van der Waals surface area contributed by atoms with Crippen LogP contribution in [0, 0.1) is 5.82 Å². The van der Waals surface area contributed by atoms with E-state index in [1.54, 1.807) is 6.07 Å². The molecule has 0 atom stereocenters. The molecule has 128 valence electrons. The summed E-state index contributed by atoms with van der Waals surface area (Å²) in [5.74, 6) is -1.02. The van der Waals surface area contributed by atoms with Gasteiger partial charge in [0.1, 0.15) is 11.5 Å². The van der Waals surface area contributed by atoms with E-state index < -0.39 is 5.97 Å². The summed E-state index contributed by atoms with van der Waals surface area (Å²) in [6, 6.07) is 4.57. The summed E-state index contributed by atoms with van der Waals surface area (Å²) in [4.78, 5) is 25.7. The van der Waals surface area contributed by atoms with Gasteiger partial charge in [-0.1, -0.05) is 0 Å². The Morgan fingerprint density at radius 1 is 1.46 bits per heavy atom. The Morgan fingerprint density at radius 2 is 2.21 bits per heavy atom. The fraction of sp³-hybridized carbons (Fsp3) is 0.412. The summed E-state index contributed by atoms with van der Waals surface area (Å²) in [5.41, 5.74) is 1.49. The van der Waals surface area contributed by atoms with E-state index >= 15 is 0 Å². The molecule has 2 N–H and O–H groups in total. The number of rotatable bonds is 6. The first kappa shape index (κ1) is 16.4. The predicted octanol–water partition coefficient (Wildman–Crippen LogP) is 1.38. The van der Waals surface area contributed by atoms with Crippen molar-refractivity contribution in [2.75, 3.05) is 32.1 Å². The summed E-state index contributed by atoms with van der Waals surface area (Å²) in [6.45, 7) is 0.00216. The number of hydrogen-bond acceptors (Lipinski definition) is 5. The van der Waals surface area contributed by atoms with Crippen molar-refractivity contribution in [3.63, 3.8) is 0 Å². The molecule has 0 saturated heterocycles. The maximum Gasteiger partial charge on any atom is 0.337 e. The lowest BCUT2D eigenvalue weighted by Gasteiger charge is -2.15. The van der Waals surface area contributed by atoms with Gasteiger partial charge in [0.05, 0.1) is 25.8 Å². The fourth-order valence-corrected chi connectivity index (χ4v) is 2.82. The third-order valence-electron chi connectivity index (χ3n) is 4.24. The number of halogens is 1. The third kappa shape index (κ3) is 3.12. The highest BCUT2D eigenvalue weighted by Crippen LogP contribution is 2.42. The quantitative estimate of drug-likeness (QED) is 0.769. The van der Waals surface area contributed by atoms with Crippen molar-refractivity contribution < 1.29 is 23.8 Å². The molecule has 6 nitrogen and oxygen atoms in total. The van der Waals surface area contributed by atoms with Crippen molar-refractivity contribution in [2.24, 2.45) is 0 Å². The molecule has 0 spiro atoms. The maximum absolute atomic E-state index is 13.9. The zero-order valence-electron chi connectivity index (χ0n) is 13.3. The van der Waals surface area contributed by atoms with Gasteiger partial charge in [0.25, 0.3) is 5.91 Å². The van der Waals surface area contributed by atoms with Crippen LogP contribution >= 0.6 is 0 Å². The number of nitrogens with one attached hydrogen (secondary N) is 1. The molecule has 0 bridgehead atoms. The molecule has 1 aliphatic heterocycles. The number of anilines is 1. The van der Waals surface area contributed by atoms with E-state index in [1.165, 1.54) is 24.1 Å². The largest absolute Gasteiger partial charge is 0.466 e. The number of carbonyl (C=O) groups is 2. The van der Waals surface area contributed by atoms with Crippen LogP contribution < -0.4 is 5.32 Å². The third-order valence-corrected chi connectivity index (χ3v) is 4.24. The monoisotopic (exact) mass is 334 g/mol. The van der Waals surface area contributed by atoms with Crippen molar-refractivity contribution in [1.29, 1.82) is 0 Å². The number of aliphatic hydroxyl groups excluding tert-OH is 1. The minimum atomic E-state index is -0.601. The molecule has 2 aliphatic rings. The molecule has 1 amide bonds. The minimum absolute atomic E-state index is 0.0745. The number of esters is 1. The van der Waals surface area contributed by atoms with E-state index in [1.807, 2.05) is 0 Å². The van der Waals surface area contributed by atoms with Crippen molar-refractivity contribution in [3.8, 4) is 0 Å². The van der Waals surface area contributed by atoms with Crippen LogP contribution in [0.5, 0.6) is 0 Å². The Kier molecular flexibility index (Phi) is 4.53. The number of β-amino-alcohol motifs (C(OH)–C–C–N with tert-alkyl or cyclic N) is 1. The van der Waals surface area contributed by atoms with Crippen LogP contribution in [-0.2, 0) is 14.3 Å². The van der Waals surface area contributed by atoms with E-state index in [9.17, 15) is 14.0 Å². The molecule has 1 fully saturated rings. The number of ether oxygens (including phenoxy) is 1. The predicted molar refractivity (Wildman–Crippen MR) is 84.7 cm³/mol. The molecule has 7 heteroatoms. The smallest absolute Gasteiger partial charge is 0.337 e. The first-order valence-corrected chi connectivity index (χ1v) is 7.83. The molecule has 0 radical (unpaired) electrons. The Morgan fingerprint density at radius 3 is 2.83 bits per heavy atom. The Labute approximate surface area is 138 Å².